The molecule has 2 aliphatic rings. The van der Waals surface area contributed by atoms with Gasteiger partial charge in [-0.2, -0.15) is 5.26 Å². The number of hydrogen-bond donors (Lipinski definition) is 1. The van der Waals surface area contributed by atoms with E-state index in [1.54, 1.807) is 27.7 Å². The number of carbonyl (C=O) groups is 1. The highest BCUT2D eigenvalue weighted by molar-refractivity contribution is 5.71. The van der Waals surface area contributed by atoms with Crippen LogP contribution in [0.2, 0.25) is 0 Å². The average Bonchev–Trinajstić information content (AvgIpc) is 3.04. The molecule has 1 aromatic heterocycles. The van der Waals surface area contributed by atoms with Gasteiger partial charge in [-0.25, -0.2) is 4.79 Å². The zero-order valence-corrected chi connectivity index (χ0v) is 15.4. The maximum Gasteiger partial charge on any atom is 0.331 e. The topological polar surface area (TPSA) is 133 Å². The molecule has 2 aliphatic heterocycles. The Labute approximate surface area is 154 Å². The van der Waals surface area contributed by atoms with Crippen LogP contribution in [0.5, 0.6) is 0 Å². The lowest BCUT2D eigenvalue weighted by atomic mass is 10.0. The second kappa shape index (κ2) is 6.60. The quantitative estimate of drug-likeness (QED) is 0.713. The van der Waals surface area contributed by atoms with Crippen molar-refractivity contribution in [3.63, 3.8) is 0 Å². The van der Waals surface area contributed by atoms with Crippen LogP contribution < -0.4 is 11.2 Å². The molecule has 0 amide bonds. The Morgan fingerprint density at radius 3 is 2.67 bits per heavy atom. The van der Waals surface area contributed by atoms with Crippen LogP contribution >= 0.6 is 0 Å². The zero-order chi connectivity index (χ0) is 20.0. The molecule has 1 unspecified atom stereocenters. The number of hydrogen-bond acceptors (Lipinski definition) is 8. The molecule has 146 valence electrons. The summed E-state index contributed by atoms with van der Waals surface area (Å²) in [6, 6.07) is 3.08. The number of rotatable bonds is 4. The van der Waals surface area contributed by atoms with Crippen molar-refractivity contribution in [1.29, 1.82) is 5.26 Å². The molecule has 3 rings (SSSR count). The minimum atomic E-state index is -1.88. The van der Waals surface area contributed by atoms with E-state index in [-0.39, 0.29) is 12.5 Å². The van der Waals surface area contributed by atoms with Gasteiger partial charge in [-0.05, 0) is 13.8 Å². The lowest BCUT2D eigenvalue weighted by molar-refractivity contribution is -0.220. The van der Waals surface area contributed by atoms with Crippen LogP contribution in [0.4, 0.5) is 0 Å². The number of aromatic amines is 1. The first-order valence-corrected chi connectivity index (χ1v) is 8.53. The van der Waals surface area contributed by atoms with Gasteiger partial charge in [0.1, 0.15) is 24.9 Å². The third-order valence-corrected chi connectivity index (χ3v) is 4.42. The Morgan fingerprint density at radius 2 is 2.07 bits per heavy atom. The van der Waals surface area contributed by atoms with Gasteiger partial charge in [-0.3, -0.25) is 19.1 Å². The summed E-state index contributed by atoms with van der Waals surface area (Å²) in [5.74, 6) is -1.79. The molecule has 10 heteroatoms. The molecule has 10 nitrogen and oxygen atoms in total. The highest BCUT2D eigenvalue weighted by atomic mass is 16.8. The smallest absolute Gasteiger partial charge is 0.331 e. The number of ether oxygens (including phenoxy) is 4. The number of carbonyl (C=O) groups excluding carboxylic acids is 1. The van der Waals surface area contributed by atoms with Gasteiger partial charge < -0.3 is 18.9 Å². The number of nitrogens with zero attached hydrogens (tertiary/aromatic N) is 2. The molecule has 1 N–H and O–H groups in total. The molecule has 0 aliphatic carbocycles. The summed E-state index contributed by atoms with van der Waals surface area (Å²) >= 11 is 0. The first-order chi connectivity index (χ1) is 12.6. The fraction of sp³-hybridized carbons (Fsp3) is 0.647. The summed E-state index contributed by atoms with van der Waals surface area (Å²) in [7, 11) is 0. The lowest BCUT2D eigenvalue weighted by Crippen LogP contribution is -2.50. The Kier molecular flexibility index (Phi) is 4.71. The van der Waals surface area contributed by atoms with E-state index in [0.717, 1.165) is 10.6 Å². The zero-order valence-electron chi connectivity index (χ0n) is 15.4. The van der Waals surface area contributed by atoms with Crippen LogP contribution in [0.25, 0.3) is 0 Å². The molecular formula is C17H21N3O7. The molecular weight excluding hydrogens is 358 g/mol. The van der Waals surface area contributed by atoms with Gasteiger partial charge in [0, 0.05) is 12.3 Å². The number of nitriles is 1. The average molecular weight is 379 g/mol. The maximum atomic E-state index is 12.3. The van der Waals surface area contributed by atoms with E-state index in [2.05, 4.69) is 4.98 Å². The van der Waals surface area contributed by atoms with Crippen molar-refractivity contribution in [3.8, 4) is 6.07 Å². The predicted octanol–water partition coefficient (Wildman–Crippen LogP) is -0.169. The minimum Gasteiger partial charge on any atom is -0.463 e. The van der Waals surface area contributed by atoms with E-state index >= 15 is 0 Å². The van der Waals surface area contributed by atoms with Crippen molar-refractivity contribution >= 4 is 5.97 Å². The Balaban J connectivity index is 1.99. The first kappa shape index (κ1) is 19.3. The normalized spacial score (nSPS) is 31.5. The van der Waals surface area contributed by atoms with E-state index in [9.17, 15) is 19.6 Å². The van der Waals surface area contributed by atoms with Gasteiger partial charge in [0.2, 0.25) is 0 Å². The third kappa shape index (κ3) is 3.29. The second-order valence-electron chi connectivity index (χ2n) is 7.25. The molecule has 2 saturated heterocycles. The van der Waals surface area contributed by atoms with Crippen LogP contribution in [0.1, 0.15) is 27.7 Å². The molecule has 1 aromatic rings. The van der Waals surface area contributed by atoms with E-state index in [4.69, 9.17) is 18.9 Å². The Morgan fingerprint density at radius 1 is 1.37 bits per heavy atom. The molecule has 2 fully saturated rings. The van der Waals surface area contributed by atoms with Crippen molar-refractivity contribution in [1.82, 2.24) is 9.55 Å². The second-order valence-corrected chi connectivity index (χ2v) is 7.25. The number of H-pyrrole nitrogens is 1. The SMILES string of the molecule is CC(C)C(=O)OC[C@H]1O[C@@](C#N)(n2ccc(=O)[nH]c2=O)[C@H]2OC(C)(C)OC12. The Bertz CT molecular complexity index is 897. The van der Waals surface area contributed by atoms with Gasteiger partial charge in [0.15, 0.2) is 11.9 Å². The van der Waals surface area contributed by atoms with E-state index in [0.29, 0.717) is 0 Å². The highest BCUT2D eigenvalue weighted by Gasteiger charge is 2.65. The van der Waals surface area contributed by atoms with Crippen molar-refractivity contribution in [3.05, 3.63) is 33.1 Å². The van der Waals surface area contributed by atoms with Crippen LogP contribution in [0.3, 0.4) is 0 Å². The van der Waals surface area contributed by atoms with Crippen LogP contribution in [0.15, 0.2) is 21.9 Å². The first-order valence-electron chi connectivity index (χ1n) is 8.53. The summed E-state index contributed by atoms with van der Waals surface area (Å²) < 4.78 is 23.7. The summed E-state index contributed by atoms with van der Waals surface area (Å²) in [6.07, 6.45) is -1.39. The van der Waals surface area contributed by atoms with E-state index in [1.807, 2.05) is 6.07 Å². The third-order valence-electron chi connectivity index (χ3n) is 4.42. The lowest BCUT2D eigenvalue weighted by Gasteiger charge is -2.30. The predicted molar refractivity (Wildman–Crippen MR) is 89.4 cm³/mol. The van der Waals surface area contributed by atoms with Gasteiger partial charge >= 0.3 is 11.7 Å². The molecule has 0 spiro atoms. The van der Waals surface area contributed by atoms with Gasteiger partial charge in [0.25, 0.3) is 11.3 Å². The van der Waals surface area contributed by atoms with E-state index in [1.165, 1.54) is 6.20 Å². The monoisotopic (exact) mass is 379 g/mol. The molecule has 4 atom stereocenters. The number of aromatic nitrogens is 2. The molecule has 3 heterocycles. The molecule has 0 aromatic carbocycles. The summed E-state index contributed by atoms with van der Waals surface area (Å²) in [5, 5.41) is 9.89. The molecule has 0 radical (unpaired) electrons. The maximum absolute atomic E-state index is 12.3. The van der Waals surface area contributed by atoms with Crippen molar-refractivity contribution < 1.29 is 23.7 Å². The van der Waals surface area contributed by atoms with Crippen LogP contribution in [-0.2, 0) is 29.5 Å². The fourth-order valence-electron chi connectivity index (χ4n) is 3.20. The number of nitrogens with one attached hydrogen (secondary N) is 1. The van der Waals surface area contributed by atoms with E-state index < -0.39 is 47.0 Å². The van der Waals surface area contributed by atoms with Gasteiger partial charge in [-0.15, -0.1) is 0 Å². The minimum absolute atomic E-state index is 0.168. The fourth-order valence-corrected chi connectivity index (χ4v) is 3.20. The summed E-state index contributed by atoms with van der Waals surface area (Å²) in [4.78, 5) is 37.6. The summed E-state index contributed by atoms with van der Waals surface area (Å²) in [6.45, 7) is 6.55. The number of fused-ring (bicyclic) bond motifs is 1. The highest BCUT2D eigenvalue weighted by Crippen LogP contribution is 2.46. The number of esters is 1. The molecule has 0 saturated carbocycles. The standard InChI is InChI=1S/C17H21N3O7/c1-9(2)14(22)24-7-10-12-13(27-16(3,4)26-12)17(8-18,25-10)20-6-5-11(21)19-15(20)23/h5-6,9-10,12-13H,7H2,1-4H3,(H,19,21,23)/t10-,12?,13+,17-/m1/s1. The largest absolute Gasteiger partial charge is 0.463 e. The van der Waals surface area contributed by atoms with Crippen molar-refractivity contribution in [2.45, 2.75) is 57.5 Å². The Hall–Kier alpha value is -2.48. The van der Waals surface area contributed by atoms with Crippen molar-refractivity contribution in [2.24, 2.45) is 5.92 Å². The van der Waals surface area contributed by atoms with Crippen LogP contribution in [0, 0.1) is 17.2 Å². The molecule has 0 bridgehead atoms. The van der Waals surface area contributed by atoms with Crippen molar-refractivity contribution in [2.75, 3.05) is 6.61 Å². The van der Waals surface area contributed by atoms with Gasteiger partial charge in [-0.1, -0.05) is 13.8 Å². The summed E-state index contributed by atoms with van der Waals surface area (Å²) in [5.41, 5.74) is -3.31. The van der Waals surface area contributed by atoms with Crippen LogP contribution in [-0.4, -0.2) is 46.2 Å². The van der Waals surface area contributed by atoms with Gasteiger partial charge in [0.05, 0.1) is 5.92 Å². The molecule has 27 heavy (non-hydrogen) atoms.